The van der Waals surface area contributed by atoms with Gasteiger partial charge in [0, 0.05) is 34.0 Å². The van der Waals surface area contributed by atoms with Crippen LogP contribution in [0.3, 0.4) is 0 Å². The van der Waals surface area contributed by atoms with Crippen LogP contribution in [0.2, 0.25) is 5.02 Å². The van der Waals surface area contributed by atoms with Crippen LogP contribution < -0.4 is 21.2 Å². The molecule has 0 atom stereocenters. The number of aryl methyl sites for hydroxylation is 1. The molecular weight excluding hydrogens is 396 g/mol. The average Bonchev–Trinajstić information content (AvgIpc) is 2.71. The molecule has 0 aliphatic carbocycles. The van der Waals surface area contributed by atoms with E-state index in [-0.39, 0.29) is 12.8 Å². The summed E-state index contributed by atoms with van der Waals surface area (Å²) in [5.74, 6) is -0.340. The van der Waals surface area contributed by atoms with Crippen molar-refractivity contribution < 1.29 is 18.7 Å². The Morgan fingerprint density at radius 3 is 2.66 bits per heavy atom. The Kier molecular flexibility index (Phi) is 6.19. The Balaban J connectivity index is 1.65. The largest absolute Gasteiger partial charge is 0.497 e. The van der Waals surface area contributed by atoms with E-state index < -0.39 is 17.4 Å². The first kappa shape index (κ1) is 20.4. The van der Waals surface area contributed by atoms with Gasteiger partial charge < -0.3 is 9.15 Å². The number of nitrogens with one attached hydrogen (secondary N) is 2. The molecule has 29 heavy (non-hydrogen) atoms. The molecule has 2 aromatic carbocycles. The van der Waals surface area contributed by atoms with Crippen LogP contribution in [0.25, 0.3) is 11.0 Å². The van der Waals surface area contributed by atoms with E-state index in [1.54, 1.807) is 43.3 Å². The van der Waals surface area contributed by atoms with Crippen LogP contribution in [0.4, 0.5) is 0 Å². The average molecular weight is 415 g/mol. The van der Waals surface area contributed by atoms with Gasteiger partial charge in [0.05, 0.1) is 7.11 Å². The predicted octanol–water partition coefficient (Wildman–Crippen LogP) is 3.16. The van der Waals surface area contributed by atoms with Gasteiger partial charge in [0.1, 0.15) is 11.3 Å². The molecule has 0 saturated heterocycles. The maximum absolute atomic E-state index is 12.3. The standard InChI is InChI=1S/C21H19ClN2O5/c1-12-16-7-6-15(28-2)11-18(16)29-21(27)17(12)8-9-19(25)23-24-20(26)13-4-3-5-14(22)10-13/h3-7,10-11H,8-9H2,1-2H3,(H,23,25)(H,24,26). The number of carbonyl (C=O) groups is 2. The first-order valence-electron chi connectivity index (χ1n) is 8.84. The fraction of sp³-hybridized carbons (Fsp3) is 0.190. The lowest BCUT2D eigenvalue weighted by molar-refractivity contribution is -0.121. The van der Waals surface area contributed by atoms with Gasteiger partial charge in [-0.2, -0.15) is 0 Å². The Morgan fingerprint density at radius 2 is 1.93 bits per heavy atom. The molecular formula is C21H19ClN2O5. The van der Waals surface area contributed by atoms with Crippen molar-refractivity contribution in [1.29, 1.82) is 0 Å². The van der Waals surface area contributed by atoms with Gasteiger partial charge in [-0.15, -0.1) is 0 Å². The SMILES string of the molecule is COc1ccc2c(C)c(CCC(=O)NNC(=O)c3cccc(Cl)c3)c(=O)oc2c1. The van der Waals surface area contributed by atoms with Crippen LogP contribution >= 0.6 is 11.6 Å². The van der Waals surface area contributed by atoms with Gasteiger partial charge in [-0.1, -0.05) is 17.7 Å². The fourth-order valence-electron chi connectivity index (χ4n) is 2.92. The zero-order valence-electron chi connectivity index (χ0n) is 15.9. The highest BCUT2D eigenvalue weighted by atomic mass is 35.5. The number of hydrazine groups is 1. The van der Waals surface area contributed by atoms with Crippen LogP contribution in [-0.4, -0.2) is 18.9 Å². The summed E-state index contributed by atoms with van der Waals surface area (Å²) in [5, 5.41) is 1.19. The zero-order valence-corrected chi connectivity index (χ0v) is 16.6. The summed E-state index contributed by atoms with van der Waals surface area (Å²) in [5.41, 5.74) is 6.06. The monoisotopic (exact) mass is 414 g/mol. The van der Waals surface area contributed by atoms with Gasteiger partial charge in [0.15, 0.2) is 0 Å². The first-order valence-corrected chi connectivity index (χ1v) is 9.22. The van der Waals surface area contributed by atoms with Crippen LogP contribution in [0, 0.1) is 6.92 Å². The maximum Gasteiger partial charge on any atom is 0.339 e. The molecule has 0 bridgehead atoms. The van der Waals surface area contributed by atoms with E-state index >= 15 is 0 Å². The van der Waals surface area contributed by atoms with Crippen molar-refractivity contribution in [3.05, 3.63) is 74.6 Å². The number of benzene rings is 2. The normalized spacial score (nSPS) is 10.6. The van der Waals surface area contributed by atoms with Crippen LogP contribution in [0.15, 0.2) is 51.7 Å². The second-order valence-electron chi connectivity index (χ2n) is 6.37. The molecule has 8 heteroatoms. The van der Waals surface area contributed by atoms with Crippen molar-refractivity contribution >= 4 is 34.4 Å². The molecule has 0 aliphatic rings. The molecule has 7 nitrogen and oxygen atoms in total. The molecule has 1 heterocycles. The highest BCUT2D eigenvalue weighted by molar-refractivity contribution is 6.30. The number of carbonyl (C=O) groups excluding carboxylic acids is 2. The lowest BCUT2D eigenvalue weighted by Gasteiger charge is -2.10. The van der Waals surface area contributed by atoms with E-state index in [2.05, 4.69) is 10.9 Å². The molecule has 0 radical (unpaired) electrons. The smallest absolute Gasteiger partial charge is 0.339 e. The first-order chi connectivity index (χ1) is 13.9. The number of rotatable bonds is 5. The number of methoxy groups -OCH3 is 1. The van der Waals surface area contributed by atoms with Crippen molar-refractivity contribution in [2.24, 2.45) is 0 Å². The van der Waals surface area contributed by atoms with Gasteiger partial charge in [-0.05, 0) is 49.2 Å². The third kappa shape index (κ3) is 4.75. The van der Waals surface area contributed by atoms with Gasteiger partial charge in [0.2, 0.25) is 5.91 Å². The number of hydrogen-bond acceptors (Lipinski definition) is 5. The van der Waals surface area contributed by atoms with Gasteiger partial charge in [-0.25, -0.2) is 4.79 Å². The Bertz CT molecular complexity index is 1140. The maximum atomic E-state index is 12.3. The number of fused-ring (bicyclic) bond motifs is 1. The van der Waals surface area contributed by atoms with Crippen LogP contribution in [0.1, 0.15) is 27.9 Å². The summed E-state index contributed by atoms with van der Waals surface area (Å²) >= 11 is 5.84. The zero-order chi connectivity index (χ0) is 21.0. The number of ether oxygens (including phenoxy) is 1. The Morgan fingerprint density at radius 1 is 1.14 bits per heavy atom. The molecule has 3 rings (SSSR count). The second kappa shape index (κ2) is 8.79. The molecule has 0 fully saturated rings. The minimum Gasteiger partial charge on any atom is -0.497 e. The summed E-state index contributed by atoms with van der Waals surface area (Å²) in [6.07, 6.45) is 0.179. The quantitative estimate of drug-likeness (QED) is 0.493. The topological polar surface area (TPSA) is 97.6 Å². The van der Waals surface area contributed by atoms with Crippen molar-refractivity contribution in [3.8, 4) is 5.75 Å². The Labute approximate surface area is 171 Å². The molecule has 150 valence electrons. The van der Waals surface area contributed by atoms with E-state index in [9.17, 15) is 14.4 Å². The van der Waals surface area contributed by atoms with E-state index in [0.29, 0.717) is 27.5 Å². The van der Waals surface area contributed by atoms with Crippen molar-refractivity contribution in [2.75, 3.05) is 7.11 Å². The van der Waals surface area contributed by atoms with E-state index in [4.69, 9.17) is 20.8 Å². The van der Waals surface area contributed by atoms with Gasteiger partial charge in [-0.3, -0.25) is 20.4 Å². The highest BCUT2D eigenvalue weighted by Gasteiger charge is 2.14. The number of hydrogen-bond donors (Lipinski definition) is 2. The Hall–Kier alpha value is -3.32. The molecule has 0 unspecified atom stereocenters. The minimum atomic E-state index is -0.501. The molecule has 0 aliphatic heterocycles. The molecule has 0 saturated carbocycles. The predicted molar refractivity (Wildman–Crippen MR) is 109 cm³/mol. The number of halogens is 1. The summed E-state index contributed by atoms with van der Waals surface area (Å²) < 4.78 is 10.5. The van der Waals surface area contributed by atoms with E-state index in [1.807, 2.05) is 0 Å². The minimum absolute atomic E-state index is 0.00306. The van der Waals surface area contributed by atoms with Crippen LogP contribution in [-0.2, 0) is 11.2 Å². The summed E-state index contributed by atoms with van der Waals surface area (Å²) in [4.78, 5) is 36.4. The number of amides is 2. The summed E-state index contributed by atoms with van der Waals surface area (Å²) in [7, 11) is 1.53. The fourth-order valence-corrected chi connectivity index (χ4v) is 3.11. The van der Waals surface area contributed by atoms with Gasteiger partial charge in [0.25, 0.3) is 5.91 Å². The molecule has 0 spiro atoms. The third-order valence-electron chi connectivity index (χ3n) is 4.50. The summed E-state index contributed by atoms with van der Waals surface area (Å²) in [6.45, 7) is 1.81. The lowest BCUT2D eigenvalue weighted by Crippen LogP contribution is -2.41. The molecule has 1 aromatic heterocycles. The highest BCUT2D eigenvalue weighted by Crippen LogP contribution is 2.24. The second-order valence-corrected chi connectivity index (χ2v) is 6.80. The summed E-state index contributed by atoms with van der Waals surface area (Å²) in [6, 6.07) is 11.6. The van der Waals surface area contributed by atoms with Crippen molar-refractivity contribution in [2.45, 2.75) is 19.8 Å². The van der Waals surface area contributed by atoms with Gasteiger partial charge >= 0.3 is 5.63 Å². The molecule has 2 N–H and O–H groups in total. The van der Waals surface area contributed by atoms with E-state index in [1.165, 1.54) is 13.2 Å². The molecule has 3 aromatic rings. The van der Waals surface area contributed by atoms with Crippen molar-refractivity contribution in [1.82, 2.24) is 10.9 Å². The van der Waals surface area contributed by atoms with E-state index in [0.717, 1.165) is 10.9 Å². The lowest BCUT2D eigenvalue weighted by atomic mass is 10.0. The molecule has 2 amide bonds. The van der Waals surface area contributed by atoms with Crippen LogP contribution in [0.5, 0.6) is 5.75 Å². The van der Waals surface area contributed by atoms with Crippen molar-refractivity contribution in [3.63, 3.8) is 0 Å². The third-order valence-corrected chi connectivity index (χ3v) is 4.73.